The molecule has 1 atom stereocenters. The van der Waals surface area contributed by atoms with Crippen LogP contribution in [0.2, 0.25) is 0 Å². The smallest absolute Gasteiger partial charge is 0.240 e. The topological polar surface area (TPSA) is 84.5 Å². The van der Waals surface area contributed by atoms with E-state index in [0.29, 0.717) is 12.3 Å². The molecule has 1 aliphatic carbocycles. The Labute approximate surface area is 136 Å². The molecule has 1 fully saturated rings. The van der Waals surface area contributed by atoms with Crippen molar-refractivity contribution < 1.29 is 17.9 Å². The van der Waals surface area contributed by atoms with Gasteiger partial charge in [0.1, 0.15) is 5.75 Å². The Bertz CT molecular complexity index is 681. The van der Waals surface area contributed by atoms with E-state index in [4.69, 9.17) is 4.74 Å². The number of sulfonamides is 1. The van der Waals surface area contributed by atoms with Crippen LogP contribution in [0.1, 0.15) is 30.4 Å². The van der Waals surface area contributed by atoms with Crippen LogP contribution in [-0.4, -0.2) is 39.3 Å². The second-order valence-corrected chi connectivity index (χ2v) is 7.93. The molecule has 0 spiro atoms. The summed E-state index contributed by atoms with van der Waals surface area (Å²) in [6, 6.07) is 5.77. The number of hydrogen-bond donors (Lipinski definition) is 2. The summed E-state index contributed by atoms with van der Waals surface area (Å²) in [4.78, 5) is 12.0. The van der Waals surface area contributed by atoms with Crippen molar-refractivity contribution in [3.05, 3.63) is 29.3 Å². The highest BCUT2D eigenvalue weighted by Crippen LogP contribution is 2.24. The molecule has 0 bridgehead atoms. The second kappa shape index (κ2) is 6.98. The molecule has 6 nitrogen and oxygen atoms in total. The molecule has 0 saturated carbocycles. The Morgan fingerprint density at radius 1 is 1.22 bits per heavy atom. The van der Waals surface area contributed by atoms with Gasteiger partial charge in [-0.25, -0.2) is 13.1 Å². The number of carbonyl (C=O) groups excluding carboxylic acids is 1. The predicted molar refractivity (Wildman–Crippen MR) is 87.9 cm³/mol. The van der Waals surface area contributed by atoms with Gasteiger partial charge in [-0.1, -0.05) is 6.07 Å². The molecule has 1 aliphatic heterocycles. The number of carbonyl (C=O) groups is 1. The molecular formula is C16H22N2O4S. The van der Waals surface area contributed by atoms with E-state index < -0.39 is 21.7 Å². The fraction of sp³-hybridized carbons (Fsp3) is 0.562. The van der Waals surface area contributed by atoms with Crippen molar-refractivity contribution in [2.45, 2.75) is 38.2 Å². The van der Waals surface area contributed by atoms with Crippen LogP contribution < -0.4 is 10.0 Å². The van der Waals surface area contributed by atoms with Gasteiger partial charge in [0.25, 0.3) is 0 Å². The molecule has 1 amide bonds. The van der Waals surface area contributed by atoms with Crippen LogP contribution >= 0.6 is 0 Å². The molecule has 1 saturated heterocycles. The monoisotopic (exact) mass is 338 g/mol. The Hall–Kier alpha value is -1.44. The van der Waals surface area contributed by atoms with Crippen molar-refractivity contribution in [2.75, 3.05) is 24.2 Å². The summed E-state index contributed by atoms with van der Waals surface area (Å²) in [6.45, 7) is 0.902. The third kappa shape index (κ3) is 4.53. The number of benzene rings is 1. The summed E-state index contributed by atoms with van der Waals surface area (Å²) in [5.74, 6) is -1.10. The maximum Gasteiger partial charge on any atom is 0.240 e. The molecule has 1 aromatic carbocycles. The number of ether oxygens (including phenoxy) is 1. The third-order valence-electron chi connectivity index (χ3n) is 4.26. The average Bonchev–Trinajstić information content (AvgIpc) is 3.15. The molecule has 0 aromatic heterocycles. The third-order valence-corrected chi connectivity index (χ3v) is 5.51. The molecule has 126 valence electrons. The van der Waals surface area contributed by atoms with Crippen molar-refractivity contribution in [1.29, 1.82) is 0 Å². The minimum Gasteiger partial charge on any atom is -0.377 e. The molecular weight excluding hydrogens is 316 g/mol. The molecule has 1 heterocycles. The van der Waals surface area contributed by atoms with Gasteiger partial charge in [0.05, 0.1) is 6.10 Å². The van der Waals surface area contributed by atoms with Crippen molar-refractivity contribution in [2.24, 2.45) is 0 Å². The predicted octanol–water partition coefficient (Wildman–Crippen LogP) is 1.21. The van der Waals surface area contributed by atoms with Gasteiger partial charge in [0.15, 0.2) is 0 Å². The number of nitrogens with one attached hydrogen (secondary N) is 2. The summed E-state index contributed by atoms with van der Waals surface area (Å²) in [6.07, 6.45) is 4.94. The van der Waals surface area contributed by atoms with E-state index in [0.717, 1.165) is 32.1 Å². The van der Waals surface area contributed by atoms with Crippen LogP contribution in [0.15, 0.2) is 18.2 Å². The highest BCUT2D eigenvalue weighted by atomic mass is 32.2. The summed E-state index contributed by atoms with van der Waals surface area (Å²) in [5, 5.41) is 2.67. The number of hydrogen-bond acceptors (Lipinski definition) is 4. The maximum atomic E-state index is 12.0. The van der Waals surface area contributed by atoms with Crippen molar-refractivity contribution in [3.63, 3.8) is 0 Å². The zero-order valence-electron chi connectivity index (χ0n) is 13.0. The maximum absolute atomic E-state index is 12.0. The zero-order valence-corrected chi connectivity index (χ0v) is 13.8. The number of fused-ring (bicyclic) bond motifs is 1. The van der Waals surface area contributed by atoms with Crippen LogP contribution in [0.3, 0.4) is 0 Å². The number of amides is 1. The Morgan fingerprint density at radius 2 is 2.04 bits per heavy atom. The first-order valence-electron chi connectivity index (χ1n) is 8.02. The van der Waals surface area contributed by atoms with Crippen LogP contribution in [0.4, 0.5) is 5.69 Å². The fourth-order valence-corrected chi connectivity index (χ4v) is 4.05. The first-order chi connectivity index (χ1) is 11.0. The molecule has 7 heteroatoms. The van der Waals surface area contributed by atoms with Crippen LogP contribution in [0.25, 0.3) is 0 Å². The van der Waals surface area contributed by atoms with Crippen LogP contribution in [0.5, 0.6) is 0 Å². The molecule has 2 aliphatic rings. The molecule has 3 rings (SSSR count). The zero-order chi connectivity index (χ0) is 16.3. The first kappa shape index (κ1) is 16.4. The molecule has 0 radical (unpaired) electrons. The minimum atomic E-state index is -3.64. The van der Waals surface area contributed by atoms with E-state index >= 15 is 0 Å². The van der Waals surface area contributed by atoms with Gasteiger partial charge >= 0.3 is 0 Å². The number of aryl methyl sites for hydroxylation is 2. The Morgan fingerprint density at radius 3 is 2.83 bits per heavy atom. The normalized spacial score (nSPS) is 20.4. The van der Waals surface area contributed by atoms with Gasteiger partial charge in [-0.3, -0.25) is 4.79 Å². The molecule has 23 heavy (non-hydrogen) atoms. The molecule has 2 N–H and O–H groups in total. The Balaban J connectivity index is 1.51. The lowest BCUT2D eigenvalue weighted by Crippen LogP contribution is -2.37. The average molecular weight is 338 g/mol. The van der Waals surface area contributed by atoms with Gasteiger partial charge in [0, 0.05) is 18.8 Å². The first-order valence-corrected chi connectivity index (χ1v) is 9.68. The Kier molecular flexibility index (Phi) is 4.99. The van der Waals surface area contributed by atoms with Crippen LogP contribution in [-0.2, 0) is 32.4 Å². The van der Waals surface area contributed by atoms with E-state index in [-0.39, 0.29) is 12.6 Å². The van der Waals surface area contributed by atoms with E-state index in [1.165, 1.54) is 11.1 Å². The lowest BCUT2D eigenvalue weighted by molar-refractivity contribution is -0.113. The summed E-state index contributed by atoms with van der Waals surface area (Å²) < 4.78 is 31.7. The van der Waals surface area contributed by atoms with Gasteiger partial charge in [0.2, 0.25) is 15.9 Å². The van der Waals surface area contributed by atoms with Crippen molar-refractivity contribution in [3.8, 4) is 0 Å². The van der Waals surface area contributed by atoms with Crippen molar-refractivity contribution in [1.82, 2.24) is 4.72 Å². The SMILES string of the molecule is O=C(CS(=O)(=O)NC[C@H]1CCCO1)Nc1ccc2c(c1)CCC2. The quantitative estimate of drug-likeness (QED) is 0.817. The van der Waals surface area contributed by atoms with E-state index in [9.17, 15) is 13.2 Å². The van der Waals surface area contributed by atoms with Crippen molar-refractivity contribution >= 4 is 21.6 Å². The molecule has 0 unspecified atom stereocenters. The number of anilines is 1. The fourth-order valence-electron chi connectivity index (χ4n) is 3.10. The standard InChI is InChI=1S/C16H22N2O4S/c19-16(11-23(20,21)17-10-15-5-2-8-22-15)18-14-7-6-12-3-1-4-13(12)9-14/h6-7,9,15,17H,1-5,8,10-11H2,(H,18,19)/t15-/m1/s1. The lowest BCUT2D eigenvalue weighted by atomic mass is 10.1. The number of rotatable bonds is 6. The van der Waals surface area contributed by atoms with Crippen LogP contribution in [0, 0.1) is 0 Å². The summed E-state index contributed by atoms with van der Waals surface area (Å²) in [7, 11) is -3.64. The van der Waals surface area contributed by atoms with Gasteiger partial charge in [-0.05, 0) is 55.4 Å². The molecule has 1 aromatic rings. The lowest BCUT2D eigenvalue weighted by Gasteiger charge is -2.12. The highest BCUT2D eigenvalue weighted by molar-refractivity contribution is 7.90. The second-order valence-electron chi connectivity index (χ2n) is 6.13. The van der Waals surface area contributed by atoms with Gasteiger partial charge in [-0.2, -0.15) is 0 Å². The highest BCUT2D eigenvalue weighted by Gasteiger charge is 2.21. The summed E-state index contributed by atoms with van der Waals surface area (Å²) >= 11 is 0. The van der Waals surface area contributed by atoms with Gasteiger partial charge < -0.3 is 10.1 Å². The van der Waals surface area contributed by atoms with E-state index in [1.807, 2.05) is 18.2 Å². The summed E-state index contributed by atoms with van der Waals surface area (Å²) in [5.41, 5.74) is 3.21. The van der Waals surface area contributed by atoms with Gasteiger partial charge in [-0.15, -0.1) is 0 Å². The largest absolute Gasteiger partial charge is 0.377 e. The minimum absolute atomic E-state index is 0.0791. The van der Waals surface area contributed by atoms with E-state index in [1.54, 1.807) is 0 Å². The van der Waals surface area contributed by atoms with E-state index in [2.05, 4.69) is 10.0 Å².